The van der Waals surface area contributed by atoms with Gasteiger partial charge in [0.05, 0.1) is 17.0 Å². The first kappa shape index (κ1) is 17.2. The van der Waals surface area contributed by atoms with Crippen molar-refractivity contribution >= 4 is 5.78 Å². The zero-order valence-corrected chi connectivity index (χ0v) is 16.4. The van der Waals surface area contributed by atoms with Gasteiger partial charge in [-0.15, -0.1) is 0 Å². The monoisotopic (exact) mass is 340 g/mol. The Labute approximate surface area is 152 Å². The Morgan fingerprint density at radius 2 is 1.36 bits per heavy atom. The van der Waals surface area contributed by atoms with Crippen LogP contribution in [-0.2, 0) is 11.2 Å². The van der Waals surface area contributed by atoms with Crippen molar-refractivity contribution in [2.45, 2.75) is 47.2 Å². The molecule has 4 saturated heterocycles. The normalized spacial score (nSPS) is 39.6. The summed E-state index contributed by atoms with van der Waals surface area (Å²) in [5, 5.41) is 0. The van der Waals surface area contributed by atoms with E-state index in [9.17, 15) is 4.79 Å². The average Bonchev–Trinajstić information content (AvgIpc) is 2.58. The van der Waals surface area contributed by atoms with Crippen LogP contribution in [0.4, 0.5) is 0 Å². The van der Waals surface area contributed by atoms with E-state index in [1.165, 1.54) is 11.1 Å². The third kappa shape index (κ3) is 2.21. The van der Waals surface area contributed by atoms with E-state index in [0.717, 1.165) is 32.6 Å². The molecule has 0 unspecified atom stereocenters. The highest BCUT2D eigenvalue weighted by atomic mass is 16.1. The molecule has 4 fully saturated rings. The number of rotatable bonds is 4. The minimum atomic E-state index is -0.180. The highest BCUT2D eigenvalue weighted by molar-refractivity contribution is 5.94. The van der Waals surface area contributed by atoms with Crippen LogP contribution in [0.15, 0.2) is 24.3 Å². The Bertz CT molecular complexity index is 630. The second kappa shape index (κ2) is 5.65. The zero-order chi connectivity index (χ0) is 18.0. The summed E-state index contributed by atoms with van der Waals surface area (Å²) in [6, 6.07) is 9.14. The van der Waals surface area contributed by atoms with Crippen molar-refractivity contribution in [1.82, 2.24) is 9.80 Å². The molecule has 0 radical (unpaired) electrons. The van der Waals surface area contributed by atoms with Gasteiger partial charge in [0, 0.05) is 26.2 Å². The Morgan fingerprint density at radius 1 is 0.920 bits per heavy atom. The number of carbonyl (C=O) groups is 1. The van der Waals surface area contributed by atoms with Crippen molar-refractivity contribution in [2.75, 3.05) is 26.2 Å². The molecule has 0 N–H and O–H groups in total. The third-order valence-corrected chi connectivity index (χ3v) is 7.43. The van der Waals surface area contributed by atoms with E-state index in [1.54, 1.807) is 0 Å². The zero-order valence-electron chi connectivity index (χ0n) is 16.4. The minimum Gasteiger partial charge on any atom is -0.298 e. The summed E-state index contributed by atoms with van der Waals surface area (Å²) in [5.41, 5.74) is 2.42. The first-order valence-electron chi connectivity index (χ1n) is 9.96. The molecular formula is C22H32N2O. The van der Waals surface area contributed by atoms with Crippen LogP contribution < -0.4 is 0 Å². The second-order valence-electron chi connectivity index (χ2n) is 9.23. The summed E-state index contributed by atoms with van der Waals surface area (Å²) in [6.45, 7) is 14.9. The minimum absolute atomic E-state index is 0.180. The summed E-state index contributed by atoms with van der Waals surface area (Å²) < 4.78 is 0. The lowest BCUT2D eigenvalue weighted by molar-refractivity contribution is -0.217. The molecule has 1 aromatic rings. The third-order valence-electron chi connectivity index (χ3n) is 7.43. The summed E-state index contributed by atoms with van der Waals surface area (Å²) >= 11 is 0. The number of hydrogen-bond acceptors (Lipinski definition) is 3. The molecule has 5 rings (SSSR count). The number of benzene rings is 1. The van der Waals surface area contributed by atoms with Crippen LogP contribution in [-0.4, -0.2) is 41.8 Å². The largest absolute Gasteiger partial charge is 0.298 e. The fraction of sp³-hybridized carbons (Fsp3) is 0.682. The van der Waals surface area contributed by atoms with Gasteiger partial charge in [0.2, 0.25) is 0 Å². The molecule has 4 bridgehead atoms. The SMILES string of the molecule is CCc1ccc(C2N3CC4(C(C)C)CN2CC(C(C)C)(C3)C4=O)cc1. The summed E-state index contributed by atoms with van der Waals surface area (Å²) in [6.07, 6.45) is 1.43. The van der Waals surface area contributed by atoms with E-state index in [4.69, 9.17) is 0 Å². The van der Waals surface area contributed by atoms with Gasteiger partial charge in [-0.25, -0.2) is 0 Å². The number of Topliss-reactive ketones (excluding diaryl/α,β-unsaturated/α-hetero) is 1. The van der Waals surface area contributed by atoms with E-state index in [0.29, 0.717) is 23.8 Å². The van der Waals surface area contributed by atoms with Crippen LogP contribution in [0.3, 0.4) is 0 Å². The summed E-state index contributed by atoms with van der Waals surface area (Å²) in [7, 11) is 0. The maximum atomic E-state index is 13.6. The molecule has 136 valence electrons. The highest BCUT2D eigenvalue weighted by Crippen LogP contribution is 2.57. The summed E-state index contributed by atoms with van der Waals surface area (Å²) in [4.78, 5) is 18.8. The van der Waals surface area contributed by atoms with E-state index in [-0.39, 0.29) is 10.8 Å². The Balaban J connectivity index is 1.74. The first-order chi connectivity index (χ1) is 11.8. The van der Waals surface area contributed by atoms with Crippen LogP contribution >= 0.6 is 0 Å². The van der Waals surface area contributed by atoms with E-state index in [1.807, 2.05) is 0 Å². The van der Waals surface area contributed by atoms with Gasteiger partial charge in [0.1, 0.15) is 0 Å². The molecule has 3 heteroatoms. The molecule has 0 aromatic heterocycles. The van der Waals surface area contributed by atoms with Gasteiger partial charge in [-0.2, -0.15) is 0 Å². The molecule has 25 heavy (non-hydrogen) atoms. The number of hydrogen-bond donors (Lipinski definition) is 0. The molecule has 4 aliphatic heterocycles. The smallest absolute Gasteiger partial charge is 0.150 e. The maximum absolute atomic E-state index is 13.6. The summed E-state index contributed by atoms with van der Waals surface area (Å²) in [5.74, 6) is 1.34. The molecule has 0 amide bonds. The fourth-order valence-electron chi connectivity index (χ4n) is 5.62. The van der Waals surface area contributed by atoms with Gasteiger partial charge in [0.15, 0.2) is 5.78 Å². The van der Waals surface area contributed by atoms with Gasteiger partial charge in [-0.3, -0.25) is 14.6 Å². The molecular weight excluding hydrogens is 308 g/mol. The Kier molecular flexibility index (Phi) is 3.90. The fourth-order valence-corrected chi connectivity index (χ4v) is 5.62. The number of nitrogens with zero attached hydrogens (tertiary/aromatic N) is 2. The topological polar surface area (TPSA) is 23.6 Å². The van der Waals surface area contributed by atoms with Gasteiger partial charge >= 0.3 is 0 Å². The lowest BCUT2D eigenvalue weighted by atomic mass is 9.53. The number of ketones is 1. The number of piperidine rings is 2. The number of aryl methyl sites for hydroxylation is 1. The molecule has 1 aromatic carbocycles. The lowest BCUT2D eigenvalue weighted by Gasteiger charge is -2.68. The van der Waals surface area contributed by atoms with Gasteiger partial charge in [-0.1, -0.05) is 58.9 Å². The molecule has 4 aliphatic rings. The quantitative estimate of drug-likeness (QED) is 0.834. The Hall–Kier alpha value is -1.19. The van der Waals surface area contributed by atoms with Crippen molar-refractivity contribution in [3.05, 3.63) is 35.4 Å². The maximum Gasteiger partial charge on any atom is 0.150 e. The molecule has 3 nitrogen and oxygen atoms in total. The highest BCUT2D eigenvalue weighted by Gasteiger charge is 2.67. The van der Waals surface area contributed by atoms with Crippen molar-refractivity contribution in [3.63, 3.8) is 0 Å². The second-order valence-corrected chi connectivity index (χ2v) is 9.23. The van der Waals surface area contributed by atoms with Crippen molar-refractivity contribution in [2.24, 2.45) is 22.7 Å². The van der Waals surface area contributed by atoms with Crippen molar-refractivity contribution < 1.29 is 4.79 Å². The van der Waals surface area contributed by atoms with Crippen LogP contribution in [0.2, 0.25) is 0 Å². The molecule has 0 spiro atoms. The Morgan fingerprint density at radius 3 is 1.72 bits per heavy atom. The standard InChI is InChI=1S/C22H32N2O/c1-6-17-7-9-18(10-8-17)19-23-11-21(15(2)3)12-24(19)14-22(13-23,16(4)5)20(21)25/h7-10,15-16,19H,6,11-14H2,1-5H3. The van der Waals surface area contributed by atoms with Crippen molar-refractivity contribution in [1.29, 1.82) is 0 Å². The van der Waals surface area contributed by atoms with E-state index >= 15 is 0 Å². The van der Waals surface area contributed by atoms with Crippen LogP contribution in [0.5, 0.6) is 0 Å². The van der Waals surface area contributed by atoms with Crippen LogP contribution in [0.25, 0.3) is 0 Å². The predicted molar refractivity (Wildman–Crippen MR) is 101 cm³/mol. The van der Waals surface area contributed by atoms with E-state index < -0.39 is 0 Å². The predicted octanol–water partition coefficient (Wildman–Crippen LogP) is 3.75. The van der Waals surface area contributed by atoms with Crippen molar-refractivity contribution in [3.8, 4) is 0 Å². The molecule has 0 atom stereocenters. The van der Waals surface area contributed by atoms with Gasteiger partial charge in [0.25, 0.3) is 0 Å². The molecule has 0 aliphatic carbocycles. The molecule has 4 heterocycles. The number of carbonyl (C=O) groups excluding carboxylic acids is 1. The lowest BCUT2D eigenvalue weighted by Crippen LogP contribution is -2.78. The van der Waals surface area contributed by atoms with Gasteiger partial charge in [-0.05, 0) is 29.4 Å². The molecule has 0 saturated carbocycles. The first-order valence-corrected chi connectivity index (χ1v) is 9.96. The van der Waals surface area contributed by atoms with Gasteiger partial charge < -0.3 is 0 Å². The van der Waals surface area contributed by atoms with Crippen LogP contribution in [0, 0.1) is 22.7 Å². The van der Waals surface area contributed by atoms with Crippen LogP contribution in [0.1, 0.15) is 51.9 Å². The average molecular weight is 341 g/mol. The van der Waals surface area contributed by atoms with E-state index in [2.05, 4.69) is 68.7 Å².